The van der Waals surface area contributed by atoms with E-state index in [1.54, 1.807) is 20.8 Å². The predicted octanol–water partition coefficient (Wildman–Crippen LogP) is -0.178. The van der Waals surface area contributed by atoms with Crippen molar-refractivity contribution < 1.29 is 32.2 Å². The average molecular weight is 323 g/mol. The van der Waals surface area contributed by atoms with Gasteiger partial charge in [-0.25, -0.2) is 18.0 Å². The maximum atomic E-state index is 11.9. The Hall–Kier alpha value is -1.35. The van der Waals surface area contributed by atoms with E-state index in [9.17, 15) is 18.0 Å². The summed E-state index contributed by atoms with van der Waals surface area (Å²) in [6, 6.07) is -1.37. The van der Waals surface area contributed by atoms with Crippen LogP contribution in [-0.2, 0) is 29.7 Å². The van der Waals surface area contributed by atoms with Crippen LogP contribution in [0.15, 0.2) is 0 Å². The van der Waals surface area contributed by atoms with Crippen molar-refractivity contribution in [3.63, 3.8) is 0 Å². The quantitative estimate of drug-likeness (QED) is 0.534. The molecule has 0 heterocycles. The molecule has 0 aromatic rings. The number of thiol groups is 1. The molecule has 0 aromatic heterocycles. The molecule has 1 saturated carbocycles. The number of methoxy groups -OCH3 is 2. The second-order valence-electron chi connectivity index (χ2n) is 5.78. The van der Waals surface area contributed by atoms with Gasteiger partial charge in [-0.15, -0.1) is 0 Å². The van der Waals surface area contributed by atoms with Crippen molar-refractivity contribution in [2.45, 2.75) is 49.7 Å². The van der Waals surface area contributed by atoms with E-state index in [2.05, 4.69) is 10.1 Å². The standard InChI is InChI=1S/C12H21NO7S/c1-11(2,3)20-10(15)13-8(9(14)19-5)12(21(16)17)6-7(12)18-4/h7-8,21H,6H2,1-5H3,(H,13,15). The average Bonchev–Trinajstić information content (AvgIpc) is 3.08. The van der Waals surface area contributed by atoms with Gasteiger partial charge in [0.2, 0.25) is 0 Å². The van der Waals surface area contributed by atoms with Gasteiger partial charge in [-0.3, -0.25) is 0 Å². The van der Waals surface area contributed by atoms with Crippen molar-refractivity contribution in [2.24, 2.45) is 0 Å². The molecule has 1 aliphatic carbocycles. The molecule has 0 radical (unpaired) electrons. The van der Waals surface area contributed by atoms with Crippen molar-refractivity contribution >= 4 is 22.8 Å². The summed E-state index contributed by atoms with van der Waals surface area (Å²) in [6.07, 6.45) is -1.45. The van der Waals surface area contributed by atoms with Gasteiger partial charge in [-0.2, -0.15) is 0 Å². The van der Waals surface area contributed by atoms with Crippen LogP contribution in [0, 0.1) is 0 Å². The summed E-state index contributed by atoms with van der Waals surface area (Å²) in [5.74, 6) is -0.861. The lowest BCUT2D eigenvalue weighted by Gasteiger charge is -2.25. The second-order valence-corrected chi connectivity index (χ2v) is 7.13. The minimum atomic E-state index is -3.02. The van der Waals surface area contributed by atoms with E-state index in [0.717, 1.165) is 7.11 Å². The molecule has 0 aromatic carbocycles. The van der Waals surface area contributed by atoms with Gasteiger partial charge in [-0.1, -0.05) is 0 Å². The third-order valence-corrected chi connectivity index (χ3v) is 4.54. The summed E-state index contributed by atoms with van der Waals surface area (Å²) in [6.45, 7) is 4.95. The van der Waals surface area contributed by atoms with Crippen LogP contribution in [-0.4, -0.2) is 57.2 Å². The minimum Gasteiger partial charge on any atom is -0.467 e. The highest BCUT2D eigenvalue weighted by Crippen LogP contribution is 2.45. The zero-order valence-electron chi connectivity index (χ0n) is 12.7. The van der Waals surface area contributed by atoms with Gasteiger partial charge < -0.3 is 19.5 Å². The minimum absolute atomic E-state index is 0.109. The molecule has 0 spiro atoms. The molecule has 0 bridgehead atoms. The van der Waals surface area contributed by atoms with E-state index in [1.807, 2.05) is 0 Å². The largest absolute Gasteiger partial charge is 0.467 e. The zero-order chi connectivity index (χ0) is 16.4. The molecule has 1 amide bonds. The number of nitrogens with one attached hydrogen (secondary N) is 1. The Morgan fingerprint density at radius 2 is 1.86 bits per heavy atom. The molecule has 8 nitrogen and oxygen atoms in total. The Kier molecular flexibility index (Phi) is 5.21. The van der Waals surface area contributed by atoms with Gasteiger partial charge >= 0.3 is 12.1 Å². The van der Waals surface area contributed by atoms with Crippen LogP contribution in [0.4, 0.5) is 4.79 Å². The molecule has 0 aliphatic heterocycles. The van der Waals surface area contributed by atoms with Gasteiger partial charge in [0.15, 0.2) is 16.7 Å². The molecule has 9 heteroatoms. The Balaban J connectivity index is 2.98. The van der Waals surface area contributed by atoms with Gasteiger partial charge in [0, 0.05) is 7.11 Å². The van der Waals surface area contributed by atoms with Gasteiger partial charge in [0.1, 0.15) is 10.3 Å². The van der Waals surface area contributed by atoms with Crippen LogP contribution >= 0.6 is 0 Å². The normalized spacial score (nSPS) is 26.1. The summed E-state index contributed by atoms with van der Waals surface area (Å²) in [7, 11) is -0.562. The van der Waals surface area contributed by atoms with Crippen LogP contribution < -0.4 is 5.32 Å². The van der Waals surface area contributed by atoms with Gasteiger partial charge in [0.05, 0.1) is 13.2 Å². The first kappa shape index (κ1) is 17.7. The summed E-state index contributed by atoms with van der Waals surface area (Å²) in [5, 5.41) is 2.27. The lowest BCUT2D eigenvalue weighted by Crippen LogP contribution is -2.54. The van der Waals surface area contributed by atoms with E-state index in [1.165, 1.54) is 7.11 Å². The highest BCUT2D eigenvalue weighted by atomic mass is 32.2. The third-order valence-electron chi connectivity index (χ3n) is 3.13. The summed E-state index contributed by atoms with van der Waals surface area (Å²) >= 11 is 0. The Bertz CT molecular complexity index is 488. The molecule has 1 N–H and O–H groups in total. The van der Waals surface area contributed by atoms with Gasteiger partial charge in [-0.05, 0) is 27.2 Å². The first-order chi connectivity index (χ1) is 9.58. The first-order valence-electron chi connectivity index (χ1n) is 6.33. The van der Waals surface area contributed by atoms with Crippen LogP contribution in [0.25, 0.3) is 0 Å². The molecular formula is C12H21NO7S. The highest BCUT2D eigenvalue weighted by molar-refractivity contribution is 7.74. The third kappa shape index (κ3) is 3.85. The van der Waals surface area contributed by atoms with E-state index in [-0.39, 0.29) is 6.42 Å². The number of carbonyl (C=O) groups excluding carboxylic acids is 2. The number of hydrogen-bond acceptors (Lipinski definition) is 7. The molecule has 3 unspecified atom stereocenters. The van der Waals surface area contributed by atoms with Crippen LogP contribution in [0.3, 0.4) is 0 Å². The number of hydrogen-bond donors (Lipinski definition) is 2. The van der Waals surface area contributed by atoms with Gasteiger partial charge in [0.25, 0.3) is 0 Å². The highest BCUT2D eigenvalue weighted by Gasteiger charge is 2.67. The van der Waals surface area contributed by atoms with E-state index in [4.69, 9.17) is 9.47 Å². The number of alkyl carbamates (subject to hydrolysis) is 1. The molecule has 1 aliphatic rings. The fraction of sp³-hybridized carbons (Fsp3) is 0.833. The predicted molar refractivity (Wildman–Crippen MR) is 73.6 cm³/mol. The van der Waals surface area contributed by atoms with Crippen LogP contribution in [0.1, 0.15) is 27.2 Å². The number of rotatable bonds is 5. The Labute approximate surface area is 125 Å². The van der Waals surface area contributed by atoms with Crippen molar-refractivity contribution in [2.75, 3.05) is 14.2 Å². The topological polar surface area (TPSA) is 108 Å². The molecule has 21 heavy (non-hydrogen) atoms. The molecule has 3 atom stereocenters. The molecule has 122 valence electrons. The molecular weight excluding hydrogens is 302 g/mol. The van der Waals surface area contributed by atoms with Crippen LogP contribution in [0.2, 0.25) is 0 Å². The van der Waals surface area contributed by atoms with E-state index < -0.39 is 45.3 Å². The SMILES string of the molecule is COC(=O)C(NC(=O)OC(C)(C)C)C1([SH](=O)=O)CC1OC. The summed E-state index contributed by atoms with van der Waals surface area (Å²) < 4.78 is 36.2. The number of ether oxygens (including phenoxy) is 3. The van der Waals surface area contributed by atoms with E-state index in [0.29, 0.717) is 0 Å². The van der Waals surface area contributed by atoms with E-state index >= 15 is 0 Å². The van der Waals surface area contributed by atoms with Crippen molar-refractivity contribution in [1.82, 2.24) is 5.32 Å². The number of amides is 1. The van der Waals surface area contributed by atoms with Crippen molar-refractivity contribution in [1.29, 1.82) is 0 Å². The smallest absolute Gasteiger partial charge is 0.408 e. The first-order valence-corrected chi connectivity index (χ1v) is 7.51. The van der Waals surface area contributed by atoms with Crippen molar-refractivity contribution in [3.05, 3.63) is 0 Å². The Morgan fingerprint density at radius 1 is 1.29 bits per heavy atom. The lowest BCUT2D eigenvalue weighted by atomic mass is 10.1. The van der Waals surface area contributed by atoms with Crippen LogP contribution in [0.5, 0.6) is 0 Å². The monoisotopic (exact) mass is 323 g/mol. The zero-order valence-corrected chi connectivity index (χ0v) is 13.6. The fourth-order valence-electron chi connectivity index (χ4n) is 2.06. The van der Waals surface area contributed by atoms with Crippen molar-refractivity contribution in [3.8, 4) is 0 Å². The maximum Gasteiger partial charge on any atom is 0.408 e. The number of carbonyl (C=O) groups is 2. The summed E-state index contributed by atoms with van der Waals surface area (Å²) in [4.78, 5) is 23.7. The maximum absolute atomic E-state index is 11.9. The summed E-state index contributed by atoms with van der Waals surface area (Å²) in [5.41, 5.74) is -0.776. The lowest BCUT2D eigenvalue weighted by molar-refractivity contribution is -0.143. The fourth-order valence-corrected chi connectivity index (χ4v) is 3.09. The number of esters is 1. The second kappa shape index (κ2) is 6.18. The molecule has 1 rings (SSSR count). The Morgan fingerprint density at radius 3 is 2.19 bits per heavy atom. The molecule has 0 saturated heterocycles. The molecule has 1 fully saturated rings.